The van der Waals surface area contributed by atoms with E-state index in [4.69, 9.17) is 11.6 Å². The molecule has 1 amide bonds. The van der Waals surface area contributed by atoms with Gasteiger partial charge >= 0.3 is 0 Å². The van der Waals surface area contributed by atoms with E-state index in [1.807, 2.05) is 29.2 Å². The summed E-state index contributed by atoms with van der Waals surface area (Å²) >= 11 is 8.26. The van der Waals surface area contributed by atoms with Gasteiger partial charge in [0.25, 0.3) is 0 Å². The fourth-order valence-electron chi connectivity index (χ4n) is 3.43. The van der Waals surface area contributed by atoms with Crippen LogP contribution in [0.15, 0.2) is 42.5 Å². The monoisotopic (exact) mass is 359 g/mol. The molecule has 1 atom stereocenters. The average molecular weight is 360 g/mol. The van der Waals surface area contributed by atoms with Gasteiger partial charge in [-0.2, -0.15) is 0 Å². The summed E-state index contributed by atoms with van der Waals surface area (Å²) in [6.07, 6.45) is 0.658. The summed E-state index contributed by atoms with van der Waals surface area (Å²) in [5.74, 6) is -0.241. The molecule has 24 heavy (non-hydrogen) atoms. The second kappa shape index (κ2) is 5.87. The average Bonchev–Trinajstić information content (AvgIpc) is 2.90. The third kappa shape index (κ3) is 2.41. The van der Waals surface area contributed by atoms with Crippen molar-refractivity contribution in [2.24, 2.45) is 0 Å². The molecule has 0 N–H and O–H groups in total. The van der Waals surface area contributed by atoms with Crippen LogP contribution in [0, 0.1) is 5.82 Å². The van der Waals surface area contributed by atoms with Crippen molar-refractivity contribution in [1.82, 2.24) is 4.90 Å². The molecule has 1 aromatic heterocycles. The van der Waals surface area contributed by atoms with Gasteiger partial charge in [-0.1, -0.05) is 35.9 Å². The lowest BCUT2D eigenvalue weighted by Crippen LogP contribution is -2.39. The van der Waals surface area contributed by atoms with E-state index >= 15 is 0 Å². The van der Waals surface area contributed by atoms with Gasteiger partial charge in [0, 0.05) is 23.6 Å². The zero-order chi connectivity index (χ0) is 16.8. The van der Waals surface area contributed by atoms with Crippen LogP contribution in [0.25, 0.3) is 10.1 Å². The molecule has 1 aliphatic rings. The number of nitrogens with zero attached hydrogens (tertiary/aromatic N) is 1. The number of hydrogen-bond donors (Lipinski definition) is 0. The fourth-order valence-corrected chi connectivity index (χ4v) is 5.10. The highest BCUT2D eigenvalue weighted by atomic mass is 35.5. The van der Waals surface area contributed by atoms with Crippen LogP contribution in [0.1, 0.15) is 29.0 Å². The summed E-state index contributed by atoms with van der Waals surface area (Å²) in [5.41, 5.74) is 1.91. The number of benzene rings is 2. The molecular weight excluding hydrogens is 345 g/mol. The van der Waals surface area contributed by atoms with Crippen molar-refractivity contribution in [3.8, 4) is 0 Å². The predicted octanol–water partition coefficient (Wildman–Crippen LogP) is 5.19. The van der Waals surface area contributed by atoms with Gasteiger partial charge in [-0.15, -0.1) is 11.3 Å². The Bertz CT molecular complexity index is 952. The number of thiophene rings is 1. The van der Waals surface area contributed by atoms with Crippen LogP contribution in [-0.2, 0) is 11.2 Å². The minimum atomic E-state index is -0.253. The molecule has 1 unspecified atom stereocenters. The molecule has 1 aliphatic heterocycles. The van der Waals surface area contributed by atoms with Crippen LogP contribution >= 0.6 is 22.9 Å². The quantitative estimate of drug-likeness (QED) is 0.585. The van der Waals surface area contributed by atoms with E-state index in [1.165, 1.54) is 6.07 Å². The standard InChI is InChI=1S/C19H15ClFNOS/c1-11(23)22-9-8-12-10-13(21)6-7-14(12)18(22)19-17(20)15-4-2-3-5-16(15)24-19/h2-7,10,18H,8-9H2,1H3. The molecular formula is C19H15ClFNOS. The zero-order valence-corrected chi connectivity index (χ0v) is 14.6. The van der Waals surface area contributed by atoms with E-state index in [2.05, 4.69) is 0 Å². The van der Waals surface area contributed by atoms with Gasteiger partial charge in [-0.3, -0.25) is 4.79 Å². The Hall–Kier alpha value is -1.91. The van der Waals surface area contributed by atoms with E-state index in [-0.39, 0.29) is 17.8 Å². The van der Waals surface area contributed by atoms with Gasteiger partial charge < -0.3 is 4.90 Å². The first-order chi connectivity index (χ1) is 11.6. The lowest BCUT2D eigenvalue weighted by molar-refractivity contribution is -0.130. The van der Waals surface area contributed by atoms with Crippen LogP contribution in [0.4, 0.5) is 4.39 Å². The molecule has 0 bridgehead atoms. The normalized spacial score (nSPS) is 17.1. The minimum absolute atomic E-state index is 0.00324. The highest BCUT2D eigenvalue weighted by molar-refractivity contribution is 7.19. The number of carbonyl (C=O) groups excluding carboxylic acids is 1. The van der Waals surface area contributed by atoms with Crippen molar-refractivity contribution in [3.05, 3.63) is 69.3 Å². The van der Waals surface area contributed by atoms with Crippen LogP contribution in [-0.4, -0.2) is 17.4 Å². The molecule has 0 saturated heterocycles. The molecule has 0 radical (unpaired) electrons. The van der Waals surface area contributed by atoms with Crippen molar-refractivity contribution in [2.75, 3.05) is 6.54 Å². The molecule has 0 saturated carbocycles. The van der Waals surface area contributed by atoms with Gasteiger partial charge in [-0.25, -0.2) is 4.39 Å². The lowest BCUT2D eigenvalue weighted by Gasteiger charge is -2.36. The van der Waals surface area contributed by atoms with Gasteiger partial charge in [0.15, 0.2) is 0 Å². The molecule has 2 aromatic carbocycles. The van der Waals surface area contributed by atoms with Crippen LogP contribution in [0.3, 0.4) is 0 Å². The Kier molecular flexibility index (Phi) is 3.82. The van der Waals surface area contributed by atoms with E-state index in [0.717, 1.165) is 26.1 Å². The smallest absolute Gasteiger partial charge is 0.220 e. The van der Waals surface area contributed by atoms with Gasteiger partial charge in [0.2, 0.25) is 5.91 Å². The van der Waals surface area contributed by atoms with Crippen molar-refractivity contribution in [1.29, 1.82) is 0 Å². The zero-order valence-electron chi connectivity index (χ0n) is 13.1. The molecule has 3 aromatic rings. The van der Waals surface area contributed by atoms with Gasteiger partial charge in [0.1, 0.15) is 5.82 Å². The van der Waals surface area contributed by atoms with Gasteiger partial charge in [0.05, 0.1) is 15.9 Å². The van der Waals surface area contributed by atoms with E-state index in [0.29, 0.717) is 18.0 Å². The first-order valence-corrected chi connectivity index (χ1v) is 8.98. The summed E-state index contributed by atoms with van der Waals surface area (Å²) in [6.45, 7) is 2.14. The maximum Gasteiger partial charge on any atom is 0.220 e. The topological polar surface area (TPSA) is 20.3 Å². The number of halogens is 2. The van der Waals surface area contributed by atoms with E-state index in [9.17, 15) is 9.18 Å². The van der Waals surface area contributed by atoms with Crippen molar-refractivity contribution >= 4 is 38.9 Å². The molecule has 5 heteroatoms. The molecule has 0 aliphatic carbocycles. The fraction of sp³-hybridized carbons (Fsp3) is 0.211. The van der Waals surface area contributed by atoms with Crippen LogP contribution < -0.4 is 0 Å². The van der Waals surface area contributed by atoms with Gasteiger partial charge in [-0.05, 0) is 35.7 Å². The van der Waals surface area contributed by atoms with Crippen LogP contribution in [0.2, 0.25) is 5.02 Å². The Balaban J connectivity index is 1.95. The van der Waals surface area contributed by atoms with Crippen molar-refractivity contribution in [2.45, 2.75) is 19.4 Å². The Labute approximate surface area is 148 Å². The summed E-state index contributed by atoms with van der Waals surface area (Å²) < 4.78 is 14.7. The maximum absolute atomic E-state index is 13.6. The second-order valence-electron chi connectivity index (χ2n) is 5.98. The summed E-state index contributed by atoms with van der Waals surface area (Å²) in [5, 5.41) is 1.68. The molecule has 4 rings (SSSR count). The number of amides is 1. The Morgan fingerprint density at radius 2 is 2.08 bits per heavy atom. The Morgan fingerprint density at radius 3 is 2.83 bits per heavy atom. The lowest BCUT2D eigenvalue weighted by atomic mass is 9.91. The first kappa shape index (κ1) is 15.6. The summed E-state index contributed by atoms with van der Waals surface area (Å²) in [4.78, 5) is 15.0. The minimum Gasteiger partial charge on any atom is -0.331 e. The number of fused-ring (bicyclic) bond motifs is 2. The first-order valence-electron chi connectivity index (χ1n) is 7.78. The number of carbonyl (C=O) groups is 1. The Morgan fingerprint density at radius 1 is 1.29 bits per heavy atom. The maximum atomic E-state index is 13.6. The number of hydrogen-bond acceptors (Lipinski definition) is 2. The molecule has 2 heterocycles. The van der Waals surface area contributed by atoms with E-state index < -0.39 is 0 Å². The third-order valence-electron chi connectivity index (χ3n) is 4.55. The largest absolute Gasteiger partial charge is 0.331 e. The molecule has 0 spiro atoms. The predicted molar refractivity (Wildman–Crippen MR) is 96.2 cm³/mol. The number of rotatable bonds is 1. The third-order valence-corrected chi connectivity index (χ3v) is 6.29. The summed E-state index contributed by atoms with van der Waals surface area (Å²) in [6, 6.07) is 12.5. The molecule has 2 nitrogen and oxygen atoms in total. The van der Waals surface area contributed by atoms with E-state index in [1.54, 1.807) is 30.4 Å². The highest BCUT2D eigenvalue weighted by Gasteiger charge is 2.33. The van der Waals surface area contributed by atoms with Crippen molar-refractivity contribution < 1.29 is 9.18 Å². The SMILES string of the molecule is CC(=O)N1CCc2cc(F)ccc2C1c1sc2ccccc2c1Cl. The molecule has 0 fully saturated rings. The second-order valence-corrected chi connectivity index (χ2v) is 7.45. The van der Waals surface area contributed by atoms with Crippen LogP contribution in [0.5, 0.6) is 0 Å². The van der Waals surface area contributed by atoms with Crippen molar-refractivity contribution in [3.63, 3.8) is 0 Å². The highest BCUT2D eigenvalue weighted by Crippen LogP contribution is 2.45. The summed E-state index contributed by atoms with van der Waals surface area (Å²) in [7, 11) is 0. The molecule has 122 valence electrons.